The molecular formula is C46H88HfZr. The Hall–Kier alpha value is 0.713. The Morgan fingerprint density at radius 1 is 0.417 bits per heavy atom. The van der Waals surface area contributed by atoms with Crippen LogP contribution in [0.3, 0.4) is 0 Å². The molecule has 0 aliphatic heterocycles. The van der Waals surface area contributed by atoms with Crippen molar-refractivity contribution in [2.45, 2.75) is 143 Å². The van der Waals surface area contributed by atoms with Gasteiger partial charge in [-0.1, -0.05) is 166 Å². The fourth-order valence-electron chi connectivity index (χ4n) is 8.50. The van der Waals surface area contributed by atoms with Gasteiger partial charge < -0.3 is 59.4 Å². The van der Waals surface area contributed by atoms with E-state index in [0.29, 0.717) is 0 Å². The largest absolute Gasteiger partial charge is 4.00 e. The van der Waals surface area contributed by atoms with Crippen molar-refractivity contribution in [1.29, 1.82) is 0 Å². The van der Waals surface area contributed by atoms with E-state index < -0.39 is 0 Å². The summed E-state index contributed by atoms with van der Waals surface area (Å²) in [5.41, 5.74) is 0. The van der Waals surface area contributed by atoms with E-state index in [1.807, 2.05) is 0 Å². The van der Waals surface area contributed by atoms with Crippen LogP contribution in [0.2, 0.25) is 0 Å². The molecule has 0 aromatic heterocycles. The summed E-state index contributed by atoms with van der Waals surface area (Å²) in [6, 6.07) is 0. The molecule has 0 radical (unpaired) electrons. The molecule has 0 N–H and O–H groups in total. The van der Waals surface area contributed by atoms with Crippen LogP contribution in [-0.4, -0.2) is 0 Å². The maximum atomic E-state index is 2.41. The van der Waals surface area contributed by atoms with Crippen molar-refractivity contribution in [2.75, 3.05) is 0 Å². The van der Waals surface area contributed by atoms with Gasteiger partial charge in [0.05, 0.1) is 0 Å². The summed E-state index contributed by atoms with van der Waals surface area (Å²) in [5.74, 6) is 7.69. The van der Waals surface area contributed by atoms with Crippen molar-refractivity contribution in [3.05, 3.63) is 108 Å². The smallest absolute Gasteiger partial charge is 0.358 e. The molecule has 0 heterocycles. The first kappa shape index (κ1) is 66.9. The van der Waals surface area contributed by atoms with E-state index >= 15 is 0 Å². The molecule has 0 bridgehead atoms. The Kier molecular flexibility index (Phi) is 56.4. The van der Waals surface area contributed by atoms with Crippen LogP contribution in [-0.2, 0) is 52.0 Å². The molecular weight excluding hydrogens is 822 g/mol. The van der Waals surface area contributed by atoms with Crippen molar-refractivity contribution in [3.8, 4) is 0 Å². The van der Waals surface area contributed by atoms with E-state index in [0.717, 1.165) is 47.3 Å². The predicted octanol–water partition coefficient (Wildman–Crippen LogP) is 15.9. The summed E-state index contributed by atoms with van der Waals surface area (Å²) in [5, 5.41) is 0. The Balaban J connectivity index is -0.0000000699. The predicted molar refractivity (Wildman–Crippen MR) is 222 cm³/mol. The molecule has 0 amide bonds. The van der Waals surface area contributed by atoms with Crippen LogP contribution in [0.1, 0.15) is 143 Å². The molecule has 48 heavy (non-hydrogen) atoms. The minimum Gasteiger partial charge on any atom is -0.358 e. The van der Waals surface area contributed by atoms with Crippen LogP contribution in [0, 0.1) is 107 Å². The Morgan fingerprint density at radius 2 is 0.708 bits per heavy atom. The summed E-state index contributed by atoms with van der Waals surface area (Å²) in [7, 11) is 0. The molecule has 4 fully saturated rings. The molecule has 0 aromatic carbocycles. The van der Waals surface area contributed by atoms with Crippen molar-refractivity contribution >= 4 is 0 Å². The van der Waals surface area contributed by atoms with Gasteiger partial charge in [-0.15, -0.1) is 0 Å². The van der Waals surface area contributed by atoms with Crippen molar-refractivity contribution in [1.82, 2.24) is 0 Å². The average molecular weight is 911 g/mol. The Labute approximate surface area is 348 Å². The van der Waals surface area contributed by atoms with Crippen molar-refractivity contribution in [3.63, 3.8) is 0 Å². The first-order valence-corrected chi connectivity index (χ1v) is 17.4. The normalized spacial score (nSPS) is 26.2. The van der Waals surface area contributed by atoms with Gasteiger partial charge in [0.1, 0.15) is 0 Å². The fraction of sp³-hybridized carbons (Fsp3) is 0.652. The molecule has 6 atom stereocenters. The van der Waals surface area contributed by atoms with Gasteiger partial charge in [0.15, 0.2) is 0 Å². The maximum absolute atomic E-state index is 2.41. The van der Waals surface area contributed by atoms with E-state index in [2.05, 4.69) is 76.3 Å². The number of fused-ring (bicyclic) bond motifs is 2. The summed E-state index contributed by atoms with van der Waals surface area (Å²) in [6.45, 7) is 9.22. The molecule has 0 spiro atoms. The Morgan fingerprint density at radius 3 is 0.979 bits per heavy atom. The van der Waals surface area contributed by atoms with E-state index in [1.165, 1.54) is 116 Å². The third kappa shape index (κ3) is 23.3. The molecule has 6 aliphatic rings. The van der Waals surface area contributed by atoms with Crippen LogP contribution in [0.15, 0.2) is 48.6 Å². The third-order valence-corrected chi connectivity index (χ3v) is 10.8. The van der Waals surface area contributed by atoms with E-state index in [-0.39, 0.29) is 111 Å². The van der Waals surface area contributed by atoms with Crippen LogP contribution >= 0.6 is 0 Å². The van der Waals surface area contributed by atoms with E-state index in [9.17, 15) is 0 Å². The molecule has 4 saturated carbocycles. The van der Waals surface area contributed by atoms with Gasteiger partial charge in [0, 0.05) is 0 Å². The molecule has 2 heteroatoms. The monoisotopic (exact) mass is 911 g/mol. The maximum Gasteiger partial charge on any atom is 4.00 e. The molecule has 6 unspecified atom stereocenters. The van der Waals surface area contributed by atoms with Gasteiger partial charge in [-0.3, -0.25) is 0 Å². The number of allylic oxidation sites excluding steroid dienone is 8. The minimum absolute atomic E-state index is 0. The van der Waals surface area contributed by atoms with Crippen LogP contribution in [0.5, 0.6) is 0 Å². The summed E-state index contributed by atoms with van der Waals surface area (Å²) in [4.78, 5) is 0. The van der Waals surface area contributed by atoms with Gasteiger partial charge in [-0.05, 0) is 73.0 Å². The number of hydrogen-bond donors (Lipinski definition) is 0. The molecule has 0 saturated heterocycles. The first-order chi connectivity index (χ1) is 18.7. The third-order valence-electron chi connectivity index (χ3n) is 10.8. The molecule has 0 aromatic rings. The molecule has 6 rings (SSSR count). The van der Waals surface area contributed by atoms with E-state index in [4.69, 9.17) is 0 Å². The zero-order valence-corrected chi connectivity index (χ0v) is 41.0. The van der Waals surface area contributed by atoms with Gasteiger partial charge in [-0.25, -0.2) is 0 Å². The molecule has 0 nitrogen and oxygen atoms in total. The van der Waals surface area contributed by atoms with E-state index in [1.54, 1.807) is 0 Å². The zero-order valence-electron chi connectivity index (χ0n) is 35.0. The molecule has 6 aliphatic carbocycles. The quantitative estimate of drug-likeness (QED) is 0.184. The summed E-state index contributed by atoms with van der Waals surface area (Å²) in [6.07, 6.45) is 44.8. The number of rotatable bonds is 6. The molecule has 280 valence electrons. The second-order valence-corrected chi connectivity index (χ2v) is 13.4. The first-order valence-electron chi connectivity index (χ1n) is 17.4. The SMILES string of the molecule is CCC1CCC2C=CC=CC21.CCC1CCC2C=CC=CC21.CCCC1CCCC1.CCCC1CCCC1.[CH3-].[CH3-].[CH3-].[CH3-].[CH3-].[CH3-].[CH3-].[CH3-].[Hf+4].[Zr+4]. The van der Waals surface area contributed by atoms with Crippen LogP contribution < -0.4 is 0 Å². The van der Waals surface area contributed by atoms with Crippen LogP contribution in [0.25, 0.3) is 0 Å². The average Bonchev–Trinajstić information content (AvgIpc) is 3.78. The summed E-state index contributed by atoms with van der Waals surface area (Å²) >= 11 is 0. The summed E-state index contributed by atoms with van der Waals surface area (Å²) < 4.78 is 0. The zero-order chi connectivity index (χ0) is 27.0. The van der Waals surface area contributed by atoms with Crippen molar-refractivity contribution in [2.24, 2.45) is 47.3 Å². The van der Waals surface area contributed by atoms with Gasteiger partial charge in [0.2, 0.25) is 0 Å². The van der Waals surface area contributed by atoms with Gasteiger partial charge in [-0.2, -0.15) is 0 Å². The standard InChI is InChI=1S/2C11H16.2C8H16.8CH3.Hf.Zr/c2*1-2-9-7-8-10-5-3-4-6-11(9)10;2*1-2-5-8-6-3-4-7-8;;;;;;;;;;/h2*3-6,9-11H,2,7-8H2,1H3;2*8H,2-7H2,1H3;8*1H3;;/q;;;;8*-1;2*+4. The van der Waals surface area contributed by atoms with Gasteiger partial charge >= 0.3 is 52.0 Å². The number of hydrogen-bond acceptors (Lipinski definition) is 0. The second-order valence-electron chi connectivity index (χ2n) is 13.4. The topological polar surface area (TPSA) is 0 Å². The second kappa shape index (κ2) is 40.5. The Bertz CT molecular complexity index is 662. The van der Waals surface area contributed by atoms with Gasteiger partial charge in [0.25, 0.3) is 0 Å². The fourth-order valence-corrected chi connectivity index (χ4v) is 8.50. The van der Waals surface area contributed by atoms with Crippen molar-refractivity contribution < 1.29 is 52.0 Å². The van der Waals surface area contributed by atoms with Crippen LogP contribution in [0.4, 0.5) is 0 Å². The minimum atomic E-state index is 0.